The van der Waals surface area contributed by atoms with Crippen molar-refractivity contribution in [3.05, 3.63) is 0 Å². The average Bonchev–Trinajstić information content (AvgIpc) is 3.02. The van der Waals surface area contributed by atoms with E-state index in [1.165, 1.54) is 12.8 Å². The largest absolute Gasteiger partial charge is 0.354 e. The Morgan fingerprint density at radius 2 is 2.12 bits per heavy atom. The molecule has 0 aromatic carbocycles. The van der Waals surface area contributed by atoms with Crippen LogP contribution in [0.2, 0.25) is 0 Å². The summed E-state index contributed by atoms with van der Waals surface area (Å²) in [6.45, 7) is 5.03. The second-order valence-corrected chi connectivity index (χ2v) is 5.74. The van der Waals surface area contributed by atoms with E-state index < -0.39 is 5.41 Å². The Hall–Kier alpha value is -1.04. The third-order valence-electron chi connectivity index (χ3n) is 4.37. The maximum atomic E-state index is 12.0. The van der Waals surface area contributed by atoms with Crippen LogP contribution in [0.5, 0.6) is 0 Å². The van der Waals surface area contributed by atoms with Crippen molar-refractivity contribution < 1.29 is 4.79 Å². The molecule has 16 heavy (non-hydrogen) atoms. The quantitative estimate of drug-likeness (QED) is 0.790. The lowest BCUT2D eigenvalue weighted by atomic mass is 9.63. The van der Waals surface area contributed by atoms with Crippen LogP contribution in [0.15, 0.2) is 0 Å². The van der Waals surface area contributed by atoms with Crippen molar-refractivity contribution in [3.8, 4) is 6.07 Å². The van der Waals surface area contributed by atoms with Gasteiger partial charge in [0.2, 0.25) is 5.91 Å². The average molecular weight is 220 g/mol. The second-order valence-electron chi connectivity index (χ2n) is 5.74. The zero-order chi connectivity index (χ0) is 11.8. The monoisotopic (exact) mass is 220 g/mol. The summed E-state index contributed by atoms with van der Waals surface area (Å²) in [6.07, 6.45) is 5.03. The highest BCUT2D eigenvalue weighted by atomic mass is 16.2. The molecular formula is C13H20N2O. The molecule has 0 spiro atoms. The van der Waals surface area contributed by atoms with E-state index in [0.717, 1.165) is 25.8 Å². The summed E-state index contributed by atoms with van der Waals surface area (Å²) in [5, 5.41) is 12.1. The lowest BCUT2D eigenvalue weighted by Crippen LogP contribution is -2.49. The first-order chi connectivity index (χ1) is 7.56. The predicted molar refractivity (Wildman–Crippen MR) is 61.4 cm³/mol. The summed E-state index contributed by atoms with van der Waals surface area (Å²) in [4.78, 5) is 12.0. The molecule has 0 heterocycles. The van der Waals surface area contributed by atoms with E-state index in [0.29, 0.717) is 11.3 Å². The van der Waals surface area contributed by atoms with Gasteiger partial charge in [-0.05, 0) is 43.4 Å². The number of nitrogens with one attached hydrogen (secondary N) is 1. The van der Waals surface area contributed by atoms with Crippen molar-refractivity contribution in [2.24, 2.45) is 16.7 Å². The van der Waals surface area contributed by atoms with Gasteiger partial charge in [0.25, 0.3) is 0 Å². The molecule has 1 N–H and O–H groups in total. The summed E-state index contributed by atoms with van der Waals surface area (Å²) in [7, 11) is 0. The number of amides is 1. The highest BCUT2D eigenvalue weighted by molar-refractivity contribution is 5.86. The van der Waals surface area contributed by atoms with Crippen LogP contribution in [0.3, 0.4) is 0 Å². The Bertz CT molecular complexity index is 332. The van der Waals surface area contributed by atoms with Crippen molar-refractivity contribution in [2.45, 2.75) is 46.0 Å². The summed E-state index contributed by atoms with van der Waals surface area (Å²) in [5.41, 5.74) is -0.342. The van der Waals surface area contributed by atoms with Gasteiger partial charge in [0.05, 0.1) is 6.07 Å². The molecule has 0 unspecified atom stereocenters. The number of carbonyl (C=O) groups is 1. The second kappa shape index (κ2) is 3.76. The molecule has 3 heteroatoms. The van der Waals surface area contributed by atoms with Crippen LogP contribution >= 0.6 is 0 Å². The fourth-order valence-corrected chi connectivity index (χ4v) is 2.73. The first kappa shape index (κ1) is 11.4. The van der Waals surface area contributed by atoms with Gasteiger partial charge in [0, 0.05) is 6.54 Å². The van der Waals surface area contributed by atoms with Gasteiger partial charge in [-0.25, -0.2) is 0 Å². The molecule has 88 valence electrons. The Balaban J connectivity index is 1.86. The van der Waals surface area contributed by atoms with Crippen LogP contribution in [0.4, 0.5) is 0 Å². The van der Waals surface area contributed by atoms with Gasteiger partial charge in [-0.15, -0.1) is 0 Å². The first-order valence-electron chi connectivity index (χ1n) is 6.25. The molecule has 2 fully saturated rings. The number of rotatable bonds is 4. The van der Waals surface area contributed by atoms with Crippen LogP contribution in [0.1, 0.15) is 46.0 Å². The molecule has 0 saturated heterocycles. The van der Waals surface area contributed by atoms with Gasteiger partial charge >= 0.3 is 0 Å². The minimum atomic E-state index is -0.705. The van der Waals surface area contributed by atoms with E-state index in [-0.39, 0.29) is 5.91 Å². The van der Waals surface area contributed by atoms with E-state index in [1.807, 2.05) is 0 Å². The lowest BCUT2D eigenvalue weighted by molar-refractivity contribution is -0.134. The first-order valence-corrected chi connectivity index (χ1v) is 6.25. The summed E-state index contributed by atoms with van der Waals surface area (Å²) in [5.74, 6) is 0.485. The molecule has 0 aromatic heterocycles. The van der Waals surface area contributed by atoms with Crippen molar-refractivity contribution in [1.29, 1.82) is 5.26 Å². The highest BCUT2D eigenvalue weighted by Crippen LogP contribution is 2.49. The van der Waals surface area contributed by atoms with Crippen LogP contribution in [0.25, 0.3) is 0 Å². The molecule has 0 radical (unpaired) electrons. The van der Waals surface area contributed by atoms with Crippen molar-refractivity contribution in [1.82, 2.24) is 5.32 Å². The summed E-state index contributed by atoms with van der Waals surface area (Å²) < 4.78 is 0. The standard InChI is InChI=1S/C13H20N2O/c1-3-12(4-5-12)9-15-11(16)13(8-14)6-10(2)7-13/h10H,3-7,9H2,1-2H3,(H,15,16). The van der Waals surface area contributed by atoms with Crippen LogP contribution in [-0.4, -0.2) is 12.5 Å². The van der Waals surface area contributed by atoms with E-state index in [2.05, 4.69) is 25.2 Å². The zero-order valence-electron chi connectivity index (χ0n) is 10.2. The number of nitriles is 1. The molecule has 2 saturated carbocycles. The number of carbonyl (C=O) groups excluding carboxylic acids is 1. The van der Waals surface area contributed by atoms with Gasteiger partial charge < -0.3 is 5.32 Å². The van der Waals surface area contributed by atoms with Crippen molar-refractivity contribution in [3.63, 3.8) is 0 Å². The molecule has 2 aliphatic rings. The minimum absolute atomic E-state index is 0.0344. The Kier molecular flexibility index (Phi) is 2.69. The maximum absolute atomic E-state index is 12.0. The van der Waals surface area contributed by atoms with Gasteiger partial charge in [-0.3, -0.25) is 4.79 Å². The summed E-state index contributed by atoms with van der Waals surface area (Å²) in [6, 6.07) is 2.21. The third kappa shape index (κ3) is 1.81. The van der Waals surface area contributed by atoms with Crippen LogP contribution in [0, 0.1) is 28.1 Å². The van der Waals surface area contributed by atoms with Crippen molar-refractivity contribution >= 4 is 5.91 Å². The van der Waals surface area contributed by atoms with Gasteiger partial charge in [0.15, 0.2) is 0 Å². The Labute approximate surface area is 97.2 Å². The van der Waals surface area contributed by atoms with E-state index >= 15 is 0 Å². The topological polar surface area (TPSA) is 52.9 Å². The van der Waals surface area contributed by atoms with Gasteiger partial charge in [-0.2, -0.15) is 5.26 Å². The van der Waals surface area contributed by atoms with E-state index in [1.54, 1.807) is 0 Å². The molecule has 1 amide bonds. The molecule has 0 aromatic rings. The molecule has 0 atom stereocenters. The van der Waals surface area contributed by atoms with Gasteiger partial charge in [-0.1, -0.05) is 13.8 Å². The normalized spacial score (nSPS) is 34.7. The fraction of sp³-hybridized carbons (Fsp3) is 0.846. The Morgan fingerprint density at radius 3 is 2.50 bits per heavy atom. The zero-order valence-corrected chi connectivity index (χ0v) is 10.2. The molecule has 0 bridgehead atoms. The molecular weight excluding hydrogens is 200 g/mol. The minimum Gasteiger partial charge on any atom is -0.354 e. The predicted octanol–water partition coefficient (Wildman–Crippen LogP) is 2.23. The van der Waals surface area contributed by atoms with Crippen molar-refractivity contribution in [2.75, 3.05) is 6.54 Å². The molecule has 2 aliphatic carbocycles. The Morgan fingerprint density at radius 1 is 1.50 bits per heavy atom. The van der Waals surface area contributed by atoms with Crippen LogP contribution < -0.4 is 5.32 Å². The number of nitrogens with zero attached hydrogens (tertiary/aromatic N) is 1. The molecule has 3 nitrogen and oxygen atoms in total. The van der Waals surface area contributed by atoms with E-state index in [4.69, 9.17) is 5.26 Å². The van der Waals surface area contributed by atoms with E-state index in [9.17, 15) is 4.79 Å². The third-order valence-corrected chi connectivity index (χ3v) is 4.37. The molecule has 2 rings (SSSR count). The maximum Gasteiger partial charge on any atom is 0.240 e. The van der Waals surface area contributed by atoms with Gasteiger partial charge in [0.1, 0.15) is 5.41 Å². The molecule has 0 aliphatic heterocycles. The fourth-order valence-electron chi connectivity index (χ4n) is 2.73. The SMILES string of the molecule is CCC1(CNC(=O)C2(C#N)CC(C)C2)CC1. The smallest absolute Gasteiger partial charge is 0.240 e. The summed E-state index contributed by atoms with van der Waals surface area (Å²) >= 11 is 0. The highest BCUT2D eigenvalue weighted by Gasteiger charge is 2.50. The van der Waals surface area contributed by atoms with Crippen LogP contribution in [-0.2, 0) is 4.79 Å². The number of hydrogen-bond donors (Lipinski definition) is 1. The number of hydrogen-bond acceptors (Lipinski definition) is 2. The lowest BCUT2D eigenvalue weighted by Gasteiger charge is -2.39.